The van der Waals surface area contributed by atoms with Crippen LogP contribution in [0.4, 0.5) is 0 Å². The minimum atomic E-state index is 0.0926. The van der Waals surface area contributed by atoms with Gasteiger partial charge >= 0.3 is 0 Å². The Bertz CT molecular complexity index is 308. The Kier molecular flexibility index (Phi) is 16.3. The number of ether oxygens (including phenoxy) is 2. The van der Waals surface area contributed by atoms with E-state index in [-0.39, 0.29) is 6.29 Å². The van der Waals surface area contributed by atoms with Crippen LogP contribution in [0, 0.1) is 11.2 Å². The third-order valence-corrected chi connectivity index (χ3v) is 5.13. The van der Waals surface area contributed by atoms with Gasteiger partial charge in [0.2, 0.25) is 0 Å². The van der Waals surface area contributed by atoms with Crippen LogP contribution in [0.5, 0.6) is 0 Å². The maximum atomic E-state index is 5.76. The highest BCUT2D eigenvalue weighted by atomic mass is 127. The molecule has 0 N–H and O–H groups in total. The maximum Gasteiger partial charge on any atom is 0.157 e. The van der Waals surface area contributed by atoms with Crippen LogP contribution in [0.25, 0.3) is 0 Å². The van der Waals surface area contributed by atoms with Crippen LogP contribution in [-0.2, 0) is 9.47 Å². The van der Waals surface area contributed by atoms with Gasteiger partial charge in [0, 0.05) is 40.8 Å². The zero-order valence-corrected chi connectivity index (χ0v) is 17.5. The van der Waals surface area contributed by atoms with Crippen LogP contribution in [0.2, 0.25) is 0 Å². The molecule has 1 aliphatic rings. The number of hydrogen-bond donors (Lipinski definition) is 0. The molecule has 0 radical (unpaired) electrons. The summed E-state index contributed by atoms with van der Waals surface area (Å²) < 4.78 is 11.3. The first-order chi connectivity index (χ1) is 11.4. The molecule has 0 amide bonds. The van der Waals surface area contributed by atoms with E-state index >= 15 is 0 Å². The largest absolute Gasteiger partial charge is 0.353 e. The summed E-state index contributed by atoms with van der Waals surface area (Å²) in [4.78, 5) is 0. The first kappa shape index (κ1) is 21.6. The fraction of sp³-hybridized carbons (Fsp3) is 0.895. The van der Waals surface area contributed by atoms with Crippen molar-refractivity contribution in [3.63, 3.8) is 0 Å². The third-order valence-electron chi connectivity index (χ3n) is 4.25. The van der Waals surface area contributed by atoms with Crippen LogP contribution in [-0.4, -0.2) is 19.5 Å². The Balaban J connectivity index is 1.70. The summed E-state index contributed by atoms with van der Waals surface area (Å²) in [5.74, 6) is 3.18. The van der Waals surface area contributed by atoms with E-state index in [9.17, 15) is 0 Å². The average molecular weight is 452 g/mol. The Hall–Kier alpha value is 0.560. The standard InChI is InChI=1S/C19H33IO2S/c20-23-18-14-10-8-6-4-2-1-3-5-7-9-12-16-21-19-15-11-13-17-22-19/h19H,1-13,15-17H2. The van der Waals surface area contributed by atoms with Crippen molar-refractivity contribution in [1.29, 1.82) is 0 Å². The molecule has 1 heterocycles. The van der Waals surface area contributed by atoms with E-state index in [0.29, 0.717) is 0 Å². The normalized spacial score (nSPS) is 17.7. The quantitative estimate of drug-likeness (QED) is 0.173. The lowest BCUT2D eigenvalue weighted by Gasteiger charge is -2.22. The lowest BCUT2D eigenvalue weighted by molar-refractivity contribution is -0.162. The van der Waals surface area contributed by atoms with Gasteiger partial charge in [-0.1, -0.05) is 57.3 Å². The van der Waals surface area contributed by atoms with Crippen LogP contribution in [0.1, 0.15) is 89.9 Å². The van der Waals surface area contributed by atoms with Gasteiger partial charge < -0.3 is 9.47 Å². The highest BCUT2D eigenvalue weighted by Crippen LogP contribution is 2.15. The zero-order chi connectivity index (χ0) is 16.4. The molecule has 1 atom stereocenters. The van der Waals surface area contributed by atoms with E-state index in [0.717, 1.165) is 26.1 Å². The minimum Gasteiger partial charge on any atom is -0.353 e. The van der Waals surface area contributed by atoms with Crippen LogP contribution < -0.4 is 0 Å². The third kappa shape index (κ3) is 14.6. The van der Waals surface area contributed by atoms with Gasteiger partial charge in [0.05, 0.1) is 0 Å². The summed E-state index contributed by atoms with van der Waals surface area (Å²) in [6.07, 6.45) is 18.2. The Labute approximate surface area is 159 Å². The maximum absolute atomic E-state index is 5.76. The Morgan fingerprint density at radius 2 is 1.57 bits per heavy atom. The molecule has 23 heavy (non-hydrogen) atoms. The summed E-state index contributed by atoms with van der Waals surface area (Å²) in [6.45, 7) is 1.76. The average Bonchev–Trinajstić information content (AvgIpc) is 2.59. The molecule has 4 heteroatoms. The predicted molar refractivity (Wildman–Crippen MR) is 110 cm³/mol. The van der Waals surface area contributed by atoms with Crippen molar-refractivity contribution in [1.82, 2.24) is 0 Å². The van der Waals surface area contributed by atoms with Crippen molar-refractivity contribution in [2.45, 2.75) is 96.2 Å². The molecule has 0 aromatic rings. The van der Waals surface area contributed by atoms with Gasteiger partial charge in [0.1, 0.15) is 0 Å². The summed E-state index contributed by atoms with van der Waals surface area (Å²) in [5.41, 5.74) is 0. The number of unbranched alkanes of at least 4 members (excludes halogenated alkanes) is 10. The minimum absolute atomic E-state index is 0.0926. The summed E-state index contributed by atoms with van der Waals surface area (Å²) >= 11 is 2.23. The van der Waals surface area contributed by atoms with E-state index in [2.05, 4.69) is 32.4 Å². The number of rotatable bonds is 13. The van der Waals surface area contributed by atoms with Crippen LogP contribution in [0.15, 0.2) is 0 Å². The molecule has 0 saturated carbocycles. The van der Waals surface area contributed by atoms with Crippen molar-refractivity contribution >= 4 is 30.1 Å². The first-order valence-electron chi connectivity index (χ1n) is 9.42. The number of hydrogen-bond acceptors (Lipinski definition) is 3. The SMILES string of the molecule is ISC#CCCCCCCCCCCCCOC1CCCCO1. The molecule has 1 unspecified atom stereocenters. The van der Waals surface area contributed by atoms with Gasteiger partial charge in [-0.2, -0.15) is 0 Å². The van der Waals surface area contributed by atoms with E-state index in [1.165, 1.54) is 77.0 Å². The smallest absolute Gasteiger partial charge is 0.157 e. The van der Waals surface area contributed by atoms with E-state index in [1.807, 2.05) is 0 Å². The summed E-state index contributed by atoms with van der Waals surface area (Å²) in [6, 6.07) is 0. The highest BCUT2D eigenvalue weighted by molar-refractivity contribution is 14.2. The zero-order valence-electron chi connectivity index (χ0n) is 14.5. The lowest BCUT2D eigenvalue weighted by Crippen LogP contribution is -2.22. The molecule has 134 valence electrons. The molecule has 1 saturated heterocycles. The van der Waals surface area contributed by atoms with Gasteiger partial charge in [0.15, 0.2) is 6.29 Å². The summed E-state index contributed by atoms with van der Waals surface area (Å²) in [7, 11) is 1.59. The fourth-order valence-corrected chi connectivity index (χ4v) is 3.49. The van der Waals surface area contributed by atoms with Crippen molar-refractivity contribution in [3.8, 4) is 11.2 Å². The number of halogens is 1. The van der Waals surface area contributed by atoms with E-state index in [4.69, 9.17) is 9.47 Å². The molecule has 2 nitrogen and oxygen atoms in total. The molecule has 0 spiro atoms. The van der Waals surface area contributed by atoms with Crippen LogP contribution in [0.3, 0.4) is 0 Å². The molecule has 0 aromatic carbocycles. The van der Waals surface area contributed by atoms with Crippen molar-refractivity contribution < 1.29 is 9.47 Å². The molecule has 0 aliphatic carbocycles. The van der Waals surface area contributed by atoms with Crippen molar-refractivity contribution in [3.05, 3.63) is 0 Å². The fourth-order valence-electron chi connectivity index (χ4n) is 2.87. The summed E-state index contributed by atoms with van der Waals surface area (Å²) in [5, 5.41) is 3.04. The first-order valence-corrected chi connectivity index (χ1v) is 12.8. The highest BCUT2D eigenvalue weighted by Gasteiger charge is 2.13. The second kappa shape index (κ2) is 17.4. The molecule has 1 aliphatic heterocycles. The van der Waals surface area contributed by atoms with Gasteiger partial charge in [-0.25, -0.2) is 0 Å². The molecular formula is C19H33IO2S. The Morgan fingerprint density at radius 1 is 0.913 bits per heavy atom. The molecule has 0 aromatic heterocycles. The Morgan fingerprint density at radius 3 is 2.17 bits per heavy atom. The molecular weight excluding hydrogens is 419 g/mol. The van der Waals surface area contributed by atoms with Crippen LogP contribution >= 0.6 is 30.1 Å². The van der Waals surface area contributed by atoms with Gasteiger partial charge in [-0.15, -0.1) is 0 Å². The second-order valence-electron chi connectivity index (χ2n) is 6.31. The predicted octanol–water partition coefficient (Wildman–Crippen LogP) is 6.86. The van der Waals surface area contributed by atoms with Gasteiger partial charge in [0.25, 0.3) is 0 Å². The van der Waals surface area contributed by atoms with Gasteiger partial charge in [-0.3, -0.25) is 0 Å². The van der Waals surface area contributed by atoms with Gasteiger partial charge in [-0.05, 0) is 46.3 Å². The van der Waals surface area contributed by atoms with Crippen molar-refractivity contribution in [2.75, 3.05) is 13.2 Å². The topological polar surface area (TPSA) is 18.5 Å². The lowest BCUT2D eigenvalue weighted by atomic mass is 10.1. The second-order valence-corrected chi connectivity index (χ2v) is 7.99. The molecule has 1 rings (SSSR count). The monoisotopic (exact) mass is 452 g/mol. The molecule has 0 bridgehead atoms. The molecule has 1 fully saturated rings. The van der Waals surface area contributed by atoms with E-state index in [1.54, 1.807) is 8.93 Å². The van der Waals surface area contributed by atoms with E-state index < -0.39 is 0 Å². The van der Waals surface area contributed by atoms with Crippen molar-refractivity contribution in [2.24, 2.45) is 0 Å².